The molecule has 2 aromatic carbocycles. The molecule has 2 unspecified atom stereocenters. The van der Waals surface area contributed by atoms with Crippen LogP contribution in [0, 0.1) is 33.6 Å². The van der Waals surface area contributed by atoms with Crippen LogP contribution in [-0.4, -0.2) is 41.0 Å². The van der Waals surface area contributed by atoms with Gasteiger partial charge in [-0.3, -0.25) is 9.59 Å². The van der Waals surface area contributed by atoms with E-state index in [2.05, 4.69) is 10.6 Å². The first-order valence-corrected chi connectivity index (χ1v) is 13.9. The molecular formula is C32H47N3O4. The SMILES string of the molecule is CCCCN(C(=O)C(NC(=O)OC(C)(C)C)C(C)C)C(C(=O)Nc1c(C)cccc1C)c1ccc(C)cc1C. The number of para-hydroxylation sites is 1. The predicted octanol–water partition coefficient (Wildman–Crippen LogP) is 6.78. The highest BCUT2D eigenvalue weighted by atomic mass is 16.6. The molecule has 214 valence electrons. The second kappa shape index (κ2) is 13.6. The summed E-state index contributed by atoms with van der Waals surface area (Å²) in [5, 5.41) is 5.91. The second-order valence-corrected chi connectivity index (χ2v) is 11.8. The van der Waals surface area contributed by atoms with Crippen LogP contribution in [0.3, 0.4) is 0 Å². The van der Waals surface area contributed by atoms with Crippen LogP contribution in [0.4, 0.5) is 10.5 Å². The first-order chi connectivity index (χ1) is 18.2. The molecule has 0 aromatic heterocycles. The summed E-state index contributed by atoms with van der Waals surface area (Å²) in [7, 11) is 0. The Bertz CT molecular complexity index is 1150. The molecule has 2 N–H and O–H groups in total. The van der Waals surface area contributed by atoms with Crippen molar-refractivity contribution in [2.45, 2.75) is 99.8 Å². The molecule has 0 spiro atoms. The maximum Gasteiger partial charge on any atom is 0.408 e. The van der Waals surface area contributed by atoms with Crippen LogP contribution < -0.4 is 10.6 Å². The number of nitrogens with zero attached hydrogens (tertiary/aromatic N) is 1. The lowest BCUT2D eigenvalue weighted by atomic mass is 9.94. The van der Waals surface area contributed by atoms with Gasteiger partial charge in [-0.2, -0.15) is 0 Å². The molecule has 0 radical (unpaired) electrons. The van der Waals surface area contributed by atoms with Crippen molar-refractivity contribution in [3.63, 3.8) is 0 Å². The van der Waals surface area contributed by atoms with Gasteiger partial charge in [0.05, 0.1) is 0 Å². The molecule has 0 fully saturated rings. The molecule has 0 aliphatic heterocycles. The Morgan fingerprint density at radius 1 is 0.949 bits per heavy atom. The van der Waals surface area contributed by atoms with Gasteiger partial charge >= 0.3 is 6.09 Å². The summed E-state index contributed by atoms with van der Waals surface area (Å²) in [6.45, 7) is 19.4. The minimum absolute atomic E-state index is 0.226. The Morgan fingerprint density at radius 3 is 2.08 bits per heavy atom. The largest absolute Gasteiger partial charge is 0.444 e. The third-order valence-electron chi connectivity index (χ3n) is 6.65. The number of amides is 3. The van der Waals surface area contributed by atoms with Gasteiger partial charge in [-0.15, -0.1) is 0 Å². The molecule has 0 bridgehead atoms. The molecule has 2 atom stereocenters. The van der Waals surface area contributed by atoms with Crippen molar-refractivity contribution in [1.29, 1.82) is 0 Å². The molecule has 39 heavy (non-hydrogen) atoms. The zero-order valence-corrected chi connectivity index (χ0v) is 25.4. The van der Waals surface area contributed by atoms with E-state index in [-0.39, 0.29) is 17.7 Å². The average molecular weight is 538 g/mol. The van der Waals surface area contributed by atoms with Crippen molar-refractivity contribution in [3.8, 4) is 0 Å². The van der Waals surface area contributed by atoms with Crippen LogP contribution in [0.5, 0.6) is 0 Å². The number of benzene rings is 2. The molecule has 2 aromatic rings. The fourth-order valence-corrected chi connectivity index (χ4v) is 4.61. The number of aryl methyl sites for hydroxylation is 4. The summed E-state index contributed by atoms with van der Waals surface area (Å²) < 4.78 is 5.46. The summed E-state index contributed by atoms with van der Waals surface area (Å²) in [5.74, 6) is -0.829. The highest BCUT2D eigenvalue weighted by Gasteiger charge is 2.38. The summed E-state index contributed by atoms with van der Waals surface area (Å²) in [6.07, 6.45) is 0.891. The number of hydrogen-bond acceptors (Lipinski definition) is 4. The van der Waals surface area contributed by atoms with Crippen molar-refractivity contribution >= 4 is 23.6 Å². The van der Waals surface area contributed by atoms with Crippen molar-refractivity contribution in [2.75, 3.05) is 11.9 Å². The molecule has 2 rings (SSSR count). The number of alkyl carbamates (subject to hydrolysis) is 1. The maximum atomic E-state index is 14.3. The van der Waals surface area contributed by atoms with Gasteiger partial charge in [0.1, 0.15) is 17.7 Å². The minimum atomic E-state index is -0.884. The lowest BCUT2D eigenvalue weighted by molar-refractivity contribution is -0.141. The number of carbonyl (C=O) groups excluding carboxylic acids is 3. The summed E-state index contributed by atoms with van der Waals surface area (Å²) in [6, 6.07) is 10.0. The Kier molecular flexibility index (Phi) is 11.1. The molecule has 0 aliphatic carbocycles. The number of unbranched alkanes of at least 4 members (excludes halogenated alkanes) is 1. The number of ether oxygens (including phenoxy) is 1. The summed E-state index contributed by atoms with van der Waals surface area (Å²) >= 11 is 0. The second-order valence-electron chi connectivity index (χ2n) is 11.8. The molecule has 7 heteroatoms. The van der Waals surface area contributed by atoms with Crippen LogP contribution >= 0.6 is 0 Å². The van der Waals surface area contributed by atoms with E-state index in [1.54, 1.807) is 25.7 Å². The van der Waals surface area contributed by atoms with E-state index in [1.807, 2.05) is 84.9 Å². The van der Waals surface area contributed by atoms with Gasteiger partial charge in [-0.05, 0) is 83.1 Å². The van der Waals surface area contributed by atoms with E-state index in [4.69, 9.17) is 4.74 Å². The van der Waals surface area contributed by atoms with Crippen LogP contribution in [0.1, 0.15) is 88.2 Å². The lowest BCUT2D eigenvalue weighted by Gasteiger charge is -2.36. The quantitative estimate of drug-likeness (QED) is 0.350. The fraction of sp³-hybridized carbons (Fsp3) is 0.531. The van der Waals surface area contributed by atoms with E-state index in [0.717, 1.165) is 39.9 Å². The average Bonchev–Trinajstić information content (AvgIpc) is 2.81. The first kappa shape index (κ1) is 31.9. The molecule has 3 amide bonds. The van der Waals surface area contributed by atoms with Crippen LogP contribution in [0.2, 0.25) is 0 Å². The van der Waals surface area contributed by atoms with Gasteiger partial charge in [-0.25, -0.2) is 4.79 Å². The molecule has 7 nitrogen and oxygen atoms in total. The zero-order valence-electron chi connectivity index (χ0n) is 25.4. The first-order valence-electron chi connectivity index (χ1n) is 13.9. The van der Waals surface area contributed by atoms with Gasteiger partial charge in [0.2, 0.25) is 5.91 Å². The normalized spacial score (nSPS) is 13.0. The Hall–Kier alpha value is -3.35. The van der Waals surface area contributed by atoms with E-state index >= 15 is 0 Å². The molecule has 0 heterocycles. The number of rotatable bonds is 10. The van der Waals surface area contributed by atoms with Crippen LogP contribution in [0.15, 0.2) is 36.4 Å². The predicted molar refractivity (Wildman–Crippen MR) is 158 cm³/mol. The monoisotopic (exact) mass is 537 g/mol. The van der Waals surface area contributed by atoms with Crippen LogP contribution in [0.25, 0.3) is 0 Å². The van der Waals surface area contributed by atoms with Crippen molar-refractivity contribution in [2.24, 2.45) is 5.92 Å². The third kappa shape index (κ3) is 8.84. The van der Waals surface area contributed by atoms with Crippen molar-refractivity contribution in [3.05, 3.63) is 64.2 Å². The van der Waals surface area contributed by atoms with E-state index < -0.39 is 23.8 Å². The number of carbonyl (C=O) groups is 3. The molecule has 0 saturated carbocycles. The minimum Gasteiger partial charge on any atom is -0.444 e. The topological polar surface area (TPSA) is 87.7 Å². The fourth-order valence-electron chi connectivity index (χ4n) is 4.61. The Balaban J connectivity index is 2.61. The third-order valence-corrected chi connectivity index (χ3v) is 6.65. The summed E-state index contributed by atoms with van der Waals surface area (Å²) in [4.78, 5) is 42.7. The van der Waals surface area contributed by atoms with E-state index in [0.29, 0.717) is 13.0 Å². The highest BCUT2D eigenvalue weighted by molar-refractivity contribution is 6.00. The van der Waals surface area contributed by atoms with Crippen molar-refractivity contribution in [1.82, 2.24) is 10.2 Å². The molecule has 0 aliphatic rings. The molecular weight excluding hydrogens is 490 g/mol. The van der Waals surface area contributed by atoms with Crippen molar-refractivity contribution < 1.29 is 19.1 Å². The van der Waals surface area contributed by atoms with Crippen LogP contribution in [-0.2, 0) is 14.3 Å². The Morgan fingerprint density at radius 2 is 1.56 bits per heavy atom. The maximum absolute atomic E-state index is 14.3. The smallest absolute Gasteiger partial charge is 0.408 e. The van der Waals surface area contributed by atoms with Gasteiger partial charge in [-0.1, -0.05) is 69.2 Å². The highest BCUT2D eigenvalue weighted by Crippen LogP contribution is 2.30. The standard InChI is InChI=1S/C32H47N3O4/c1-11-12-18-35(30(37)26(20(2)3)34-31(38)39-32(8,9)10)28(25-17-16-21(4)19-24(25)7)29(36)33-27-22(5)14-13-15-23(27)6/h13-17,19-20,26,28H,11-12,18H2,1-10H3,(H,33,36)(H,34,38). The molecule has 0 saturated heterocycles. The summed E-state index contributed by atoms with van der Waals surface area (Å²) in [5.41, 5.74) is 4.68. The zero-order chi connectivity index (χ0) is 29.5. The van der Waals surface area contributed by atoms with Gasteiger partial charge in [0, 0.05) is 12.2 Å². The van der Waals surface area contributed by atoms with Gasteiger partial charge < -0.3 is 20.3 Å². The number of hydrogen-bond donors (Lipinski definition) is 2. The Labute approximate surface area is 234 Å². The van der Waals surface area contributed by atoms with E-state index in [1.165, 1.54) is 0 Å². The lowest BCUT2D eigenvalue weighted by Crippen LogP contribution is -2.54. The van der Waals surface area contributed by atoms with Gasteiger partial charge in [0.25, 0.3) is 5.91 Å². The van der Waals surface area contributed by atoms with E-state index in [9.17, 15) is 14.4 Å². The number of nitrogens with one attached hydrogen (secondary N) is 2. The van der Waals surface area contributed by atoms with Gasteiger partial charge in [0.15, 0.2) is 0 Å². The number of anilines is 1.